The lowest BCUT2D eigenvalue weighted by Crippen LogP contribution is -2.50. The molecule has 0 aromatic carbocycles. The average molecular weight is 258 g/mol. The third-order valence-corrected chi connectivity index (χ3v) is 2.68. The minimum atomic E-state index is -0.761. The minimum Gasteiger partial charge on any atom is -0.289 e. The number of aromatic nitrogens is 1. The molecule has 1 aromatic heterocycles. The Labute approximate surface area is 102 Å². The molecule has 17 heavy (non-hydrogen) atoms. The molecule has 1 fully saturated rings. The molecule has 0 spiro atoms. The SMILES string of the molecule is O=C1CCN(c2cc(CCl)cnc2F)C(=O)N1. The number of carbonyl (C=O) groups is 2. The Morgan fingerprint density at radius 3 is 2.94 bits per heavy atom. The zero-order valence-electron chi connectivity index (χ0n) is 8.74. The first-order valence-electron chi connectivity index (χ1n) is 4.93. The summed E-state index contributed by atoms with van der Waals surface area (Å²) in [5.41, 5.74) is 0.640. The molecule has 1 aliphatic rings. The number of urea groups is 1. The normalized spacial score (nSPS) is 16.0. The summed E-state index contributed by atoms with van der Waals surface area (Å²) in [7, 11) is 0. The molecule has 2 rings (SSSR count). The fourth-order valence-electron chi connectivity index (χ4n) is 1.53. The molecule has 0 atom stereocenters. The molecular formula is C10H9ClFN3O2. The smallest absolute Gasteiger partial charge is 0.289 e. The number of hydrogen-bond donors (Lipinski definition) is 1. The van der Waals surface area contributed by atoms with Crippen LogP contribution in [-0.2, 0) is 10.7 Å². The zero-order valence-corrected chi connectivity index (χ0v) is 9.50. The van der Waals surface area contributed by atoms with Gasteiger partial charge in [0.25, 0.3) is 0 Å². The number of carbonyl (C=O) groups excluding carboxylic acids is 2. The molecule has 1 N–H and O–H groups in total. The Hall–Kier alpha value is -1.69. The van der Waals surface area contributed by atoms with E-state index in [-0.39, 0.29) is 30.4 Å². The van der Waals surface area contributed by atoms with Crippen molar-refractivity contribution in [3.05, 3.63) is 23.8 Å². The second kappa shape index (κ2) is 4.67. The van der Waals surface area contributed by atoms with Gasteiger partial charge in [0.05, 0.1) is 0 Å². The minimum absolute atomic E-state index is 0.0353. The molecule has 0 saturated carbocycles. The highest BCUT2D eigenvalue weighted by Crippen LogP contribution is 2.21. The summed E-state index contributed by atoms with van der Waals surface area (Å²) in [5, 5.41) is 2.11. The standard InChI is InChI=1S/C10H9ClFN3O2/c11-4-6-3-7(9(12)13-5-6)15-2-1-8(16)14-10(15)17/h3,5H,1-2,4H2,(H,14,16,17). The number of pyridine rings is 1. The molecule has 3 amide bonds. The Morgan fingerprint density at radius 1 is 1.53 bits per heavy atom. The van der Waals surface area contributed by atoms with Crippen LogP contribution in [0.25, 0.3) is 0 Å². The van der Waals surface area contributed by atoms with E-state index >= 15 is 0 Å². The number of imide groups is 1. The van der Waals surface area contributed by atoms with Crippen LogP contribution in [0.2, 0.25) is 0 Å². The zero-order chi connectivity index (χ0) is 12.4. The van der Waals surface area contributed by atoms with E-state index in [1.54, 1.807) is 0 Å². The van der Waals surface area contributed by atoms with E-state index < -0.39 is 12.0 Å². The van der Waals surface area contributed by atoms with E-state index in [9.17, 15) is 14.0 Å². The lowest BCUT2D eigenvalue weighted by Gasteiger charge is -2.26. The Bertz CT molecular complexity index is 481. The molecule has 0 radical (unpaired) electrons. The number of nitrogens with zero attached hydrogens (tertiary/aromatic N) is 2. The quantitative estimate of drug-likeness (QED) is 0.644. The lowest BCUT2D eigenvalue weighted by atomic mass is 10.2. The van der Waals surface area contributed by atoms with E-state index in [0.29, 0.717) is 5.56 Å². The molecule has 0 bridgehead atoms. The van der Waals surface area contributed by atoms with Crippen molar-refractivity contribution in [1.29, 1.82) is 0 Å². The van der Waals surface area contributed by atoms with Crippen LogP contribution in [-0.4, -0.2) is 23.5 Å². The molecule has 90 valence electrons. The van der Waals surface area contributed by atoms with Crippen LogP contribution in [0, 0.1) is 5.95 Å². The van der Waals surface area contributed by atoms with Crippen LogP contribution < -0.4 is 10.2 Å². The highest BCUT2D eigenvalue weighted by Gasteiger charge is 2.26. The van der Waals surface area contributed by atoms with Gasteiger partial charge in [0.15, 0.2) is 0 Å². The van der Waals surface area contributed by atoms with E-state index in [0.717, 1.165) is 4.90 Å². The van der Waals surface area contributed by atoms with Crippen molar-refractivity contribution in [3.63, 3.8) is 0 Å². The number of nitrogens with one attached hydrogen (secondary N) is 1. The molecule has 1 aliphatic heterocycles. The van der Waals surface area contributed by atoms with Gasteiger partial charge in [-0.15, -0.1) is 11.6 Å². The van der Waals surface area contributed by atoms with Crippen molar-refractivity contribution in [1.82, 2.24) is 10.3 Å². The van der Waals surface area contributed by atoms with Crippen molar-refractivity contribution < 1.29 is 14.0 Å². The van der Waals surface area contributed by atoms with Gasteiger partial charge in [0.1, 0.15) is 5.69 Å². The average Bonchev–Trinajstić information content (AvgIpc) is 2.30. The highest BCUT2D eigenvalue weighted by molar-refractivity contribution is 6.17. The molecule has 0 unspecified atom stereocenters. The maximum absolute atomic E-state index is 13.5. The molecule has 1 aromatic rings. The van der Waals surface area contributed by atoms with Gasteiger partial charge in [-0.1, -0.05) is 0 Å². The lowest BCUT2D eigenvalue weighted by molar-refractivity contribution is -0.120. The van der Waals surface area contributed by atoms with Crippen molar-refractivity contribution in [2.45, 2.75) is 12.3 Å². The van der Waals surface area contributed by atoms with Gasteiger partial charge in [0, 0.05) is 25.0 Å². The number of anilines is 1. The molecule has 2 heterocycles. The molecule has 1 saturated heterocycles. The van der Waals surface area contributed by atoms with Crippen LogP contribution in [0.4, 0.5) is 14.9 Å². The van der Waals surface area contributed by atoms with Crippen molar-refractivity contribution in [3.8, 4) is 0 Å². The fraction of sp³-hybridized carbons (Fsp3) is 0.300. The highest BCUT2D eigenvalue weighted by atomic mass is 35.5. The Morgan fingerprint density at radius 2 is 2.29 bits per heavy atom. The fourth-order valence-corrected chi connectivity index (χ4v) is 1.68. The second-order valence-electron chi connectivity index (χ2n) is 3.54. The summed E-state index contributed by atoms with van der Waals surface area (Å²) in [6.45, 7) is 0.134. The summed E-state index contributed by atoms with van der Waals surface area (Å²) < 4.78 is 13.5. The van der Waals surface area contributed by atoms with Gasteiger partial charge in [0.2, 0.25) is 11.9 Å². The first kappa shape index (κ1) is 11.8. The first-order chi connectivity index (χ1) is 8.11. The number of hydrogen-bond acceptors (Lipinski definition) is 3. The van der Waals surface area contributed by atoms with Crippen LogP contribution in [0.1, 0.15) is 12.0 Å². The van der Waals surface area contributed by atoms with Gasteiger partial charge < -0.3 is 0 Å². The predicted octanol–water partition coefficient (Wildman–Crippen LogP) is 1.41. The van der Waals surface area contributed by atoms with E-state index in [1.165, 1.54) is 12.3 Å². The van der Waals surface area contributed by atoms with Crippen LogP contribution in [0.5, 0.6) is 0 Å². The Balaban J connectivity index is 2.33. The van der Waals surface area contributed by atoms with Gasteiger partial charge in [-0.25, -0.2) is 9.78 Å². The van der Waals surface area contributed by atoms with Crippen LogP contribution in [0.3, 0.4) is 0 Å². The molecule has 7 heteroatoms. The number of amides is 3. The second-order valence-corrected chi connectivity index (χ2v) is 3.81. The Kier molecular flexibility index (Phi) is 3.23. The number of rotatable bonds is 2. The summed E-state index contributed by atoms with van der Waals surface area (Å²) in [6.07, 6.45) is 1.44. The van der Waals surface area contributed by atoms with Crippen molar-refractivity contribution in [2.24, 2.45) is 0 Å². The van der Waals surface area contributed by atoms with Gasteiger partial charge >= 0.3 is 6.03 Å². The maximum atomic E-state index is 13.5. The third kappa shape index (κ3) is 2.36. The van der Waals surface area contributed by atoms with Crippen molar-refractivity contribution in [2.75, 3.05) is 11.4 Å². The van der Waals surface area contributed by atoms with E-state index in [1.807, 2.05) is 0 Å². The number of halogens is 2. The van der Waals surface area contributed by atoms with Gasteiger partial charge in [-0.3, -0.25) is 15.0 Å². The maximum Gasteiger partial charge on any atom is 0.328 e. The molecule has 5 nitrogen and oxygen atoms in total. The monoisotopic (exact) mass is 257 g/mol. The largest absolute Gasteiger partial charge is 0.328 e. The summed E-state index contributed by atoms with van der Waals surface area (Å²) >= 11 is 5.61. The molecule has 0 aliphatic carbocycles. The van der Waals surface area contributed by atoms with Gasteiger partial charge in [-0.05, 0) is 11.6 Å². The van der Waals surface area contributed by atoms with E-state index in [2.05, 4.69) is 10.3 Å². The summed E-state index contributed by atoms with van der Waals surface area (Å²) in [4.78, 5) is 27.2. The molecular weight excluding hydrogens is 249 g/mol. The van der Waals surface area contributed by atoms with Crippen molar-refractivity contribution >= 4 is 29.2 Å². The van der Waals surface area contributed by atoms with Crippen LogP contribution >= 0.6 is 11.6 Å². The number of alkyl halides is 1. The van der Waals surface area contributed by atoms with Gasteiger partial charge in [-0.2, -0.15) is 4.39 Å². The first-order valence-corrected chi connectivity index (χ1v) is 5.47. The topological polar surface area (TPSA) is 62.3 Å². The third-order valence-electron chi connectivity index (χ3n) is 2.38. The predicted molar refractivity (Wildman–Crippen MR) is 59.3 cm³/mol. The summed E-state index contributed by atoms with van der Waals surface area (Å²) in [5.74, 6) is -0.953. The van der Waals surface area contributed by atoms with Crippen LogP contribution in [0.15, 0.2) is 12.3 Å². The summed E-state index contributed by atoms with van der Waals surface area (Å²) in [6, 6.07) is 0.804. The van der Waals surface area contributed by atoms with E-state index in [4.69, 9.17) is 11.6 Å².